The number of hydrogen-bond acceptors (Lipinski definition) is 1. The van der Waals surface area contributed by atoms with Crippen LogP contribution in [-0.4, -0.2) is 5.91 Å². The standard InChI is InChI=1S/C19H21NO/c1-3-18(17-12-9-15(2)10-13-17)20-19(21)14-11-16-7-5-4-6-8-16/h4-14,18H,3H2,1-2H3,(H,20,21)/b14-11+/t18-/m0/s1. The molecule has 2 rings (SSSR count). The maximum absolute atomic E-state index is 12.0. The van der Waals surface area contributed by atoms with Gasteiger partial charge < -0.3 is 5.32 Å². The van der Waals surface area contributed by atoms with Crippen LogP contribution >= 0.6 is 0 Å². The third-order valence-corrected chi connectivity index (χ3v) is 3.43. The summed E-state index contributed by atoms with van der Waals surface area (Å²) < 4.78 is 0. The van der Waals surface area contributed by atoms with Gasteiger partial charge in [-0.25, -0.2) is 0 Å². The Bertz CT molecular complexity index is 599. The summed E-state index contributed by atoms with van der Waals surface area (Å²) in [6, 6.07) is 18.2. The van der Waals surface area contributed by atoms with Crippen molar-refractivity contribution in [3.63, 3.8) is 0 Å². The second-order valence-electron chi connectivity index (χ2n) is 5.12. The second-order valence-corrected chi connectivity index (χ2v) is 5.12. The molecule has 0 bridgehead atoms. The van der Waals surface area contributed by atoms with Crippen molar-refractivity contribution >= 4 is 12.0 Å². The molecule has 0 spiro atoms. The van der Waals surface area contributed by atoms with E-state index in [1.807, 2.05) is 36.4 Å². The molecule has 1 amide bonds. The van der Waals surface area contributed by atoms with Gasteiger partial charge in [-0.3, -0.25) is 4.79 Å². The predicted octanol–water partition coefficient (Wildman–Crippen LogP) is 4.28. The van der Waals surface area contributed by atoms with E-state index < -0.39 is 0 Å². The molecule has 2 heteroatoms. The highest BCUT2D eigenvalue weighted by atomic mass is 16.1. The minimum atomic E-state index is -0.0636. The second kappa shape index (κ2) is 7.44. The fourth-order valence-electron chi connectivity index (χ4n) is 2.18. The van der Waals surface area contributed by atoms with Crippen LogP contribution in [0.15, 0.2) is 60.7 Å². The molecule has 1 atom stereocenters. The highest BCUT2D eigenvalue weighted by molar-refractivity contribution is 5.91. The van der Waals surface area contributed by atoms with Crippen molar-refractivity contribution in [1.82, 2.24) is 5.32 Å². The summed E-state index contributed by atoms with van der Waals surface area (Å²) in [6.45, 7) is 4.14. The maximum Gasteiger partial charge on any atom is 0.244 e. The summed E-state index contributed by atoms with van der Waals surface area (Å²) in [5.41, 5.74) is 3.39. The summed E-state index contributed by atoms with van der Waals surface area (Å²) in [6.07, 6.45) is 4.29. The van der Waals surface area contributed by atoms with Crippen molar-refractivity contribution in [1.29, 1.82) is 0 Å². The van der Waals surface area contributed by atoms with Gasteiger partial charge in [0.15, 0.2) is 0 Å². The zero-order valence-corrected chi connectivity index (χ0v) is 12.5. The van der Waals surface area contributed by atoms with Gasteiger partial charge in [0.2, 0.25) is 5.91 Å². The van der Waals surface area contributed by atoms with E-state index >= 15 is 0 Å². The summed E-state index contributed by atoms with van der Waals surface area (Å²) in [5, 5.41) is 3.05. The van der Waals surface area contributed by atoms with E-state index in [9.17, 15) is 4.79 Å². The number of rotatable bonds is 5. The number of carbonyl (C=O) groups is 1. The van der Waals surface area contributed by atoms with Gasteiger partial charge in [0.25, 0.3) is 0 Å². The molecule has 0 radical (unpaired) electrons. The van der Waals surface area contributed by atoms with Crippen molar-refractivity contribution in [2.45, 2.75) is 26.3 Å². The summed E-state index contributed by atoms with van der Waals surface area (Å²) in [4.78, 5) is 12.0. The van der Waals surface area contributed by atoms with Crippen molar-refractivity contribution in [2.75, 3.05) is 0 Å². The van der Waals surface area contributed by atoms with Crippen LogP contribution in [0.5, 0.6) is 0 Å². The Balaban J connectivity index is 2.00. The van der Waals surface area contributed by atoms with E-state index in [0.29, 0.717) is 0 Å². The van der Waals surface area contributed by atoms with Crippen LogP contribution in [-0.2, 0) is 4.79 Å². The summed E-state index contributed by atoms with van der Waals surface area (Å²) in [7, 11) is 0. The zero-order chi connectivity index (χ0) is 15.1. The molecule has 0 aliphatic rings. The lowest BCUT2D eigenvalue weighted by molar-refractivity contribution is -0.117. The summed E-state index contributed by atoms with van der Waals surface area (Å²) in [5.74, 6) is -0.0636. The van der Waals surface area contributed by atoms with Crippen LogP contribution in [0.25, 0.3) is 6.08 Å². The van der Waals surface area contributed by atoms with Gasteiger partial charge in [-0.1, -0.05) is 67.1 Å². The van der Waals surface area contributed by atoms with E-state index in [0.717, 1.165) is 17.5 Å². The topological polar surface area (TPSA) is 29.1 Å². The van der Waals surface area contributed by atoms with Gasteiger partial charge >= 0.3 is 0 Å². The Labute approximate surface area is 126 Å². The lowest BCUT2D eigenvalue weighted by atomic mass is 10.0. The average Bonchev–Trinajstić information content (AvgIpc) is 2.52. The molecule has 2 aromatic rings. The number of carbonyl (C=O) groups excluding carboxylic acids is 1. The fourth-order valence-corrected chi connectivity index (χ4v) is 2.18. The Morgan fingerprint density at radius 3 is 2.38 bits per heavy atom. The molecular weight excluding hydrogens is 258 g/mol. The molecule has 0 saturated heterocycles. The number of amides is 1. The Hall–Kier alpha value is -2.35. The minimum absolute atomic E-state index is 0.0542. The molecule has 0 heterocycles. The highest BCUT2D eigenvalue weighted by Gasteiger charge is 2.10. The monoisotopic (exact) mass is 279 g/mol. The van der Waals surface area contributed by atoms with Crippen molar-refractivity contribution < 1.29 is 4.79 Å². The van der Waals surface area contributed by atoms with Gasteiger partial charge in [0.1, 0.15) is 0 Å². The first-order chi connectivity index (χ1) is 10.2. The lowest BCUT2D eigenvalue weighted by Crippen LogP contribution is -2.26. The van der Waals surface area contributed by atoms with E-state index in [1.54, 1.807) is 6.08 Å². The van der Waals surface area contributed by atoms with Crippen molar-refractivity contribution in [3.05, 3.63) is 77.4 Å². The molecule has 0 fully saturated rings. The Kier molecular flexibility index (Phi) is 5.33. The molecule has 108 valence electrons. The van der Waals surface area contributed by atoms with Crippen LogP contribution in [0, 0.1) is 6.92 Å². The first kappa shape index (κ1) is 15.0. The van der Waals surface area contributed by atoms with Gasteiger partial charge in [-0.2, -0.15) is 0 Å². The number of aryl methyl sites for hydroxylation is 1. The molecule has 0 saturated carbocycles. The maximum atomic E-state index is 12.0. The van der Waals surface area contributed by atoms with Crippen LogP contribution in [0.1, 0.15) is 36.1 Å². The van der Waals surface area contributed by atoms with Crippen LogP contribution < -0.4 is 5.32 Å². The Morgan fingerprint density at radius 1 is 1.10 bits per heavy atom. The predicted molar refractivity (Wildman–Crippen MR) is 87.8 cm³/mol. The minimum Gasteiger partial charge on any atom is -0.346 e. The number of hydrogen-bond donors (Lipinski definition) is 1. The fraction of sp³-hybridized carbons (Fsp3) is 0.211. The quantitative estimate of drug-likeness (QED) is 0.813. The van der Waals surface area contributed by atoms with E-state index in [2.05, 4.69) is 43.4 Å². The molecule has 2 nitrogen and oxygen atoms in total. The molecule has 2 aromatic carbocycles. The van der Waals surface area contributed by atoms with E-state index in [4.69, 9.17) is 0 Å². The Morgan fingerprint density at radius 2 is 1.76 bits per heavy atom. The van der Waals surface area contributed by atoms with Gasteiger partial charge in [0, 0.05) is 6.08 Å². The van der Waals surface area contributed by atoms with Crippen LogP contribution in [0.2, 0.25) is 0 Å². The normalized spacial score (nSPS) is 12.3. The van der Waals surface area contributed by atoms with Crippen LogP contribution in [0.3, 0.4) is 0 Å². The first-order valence-corrected chi connectivity index (χ1v) is 7.29. The number of benzene rings is 2. The molecule has 21 heavy (non-hydrogen) atoms. The van der Waals surface area contributed by atoms with Gasteiger partial charge in [-0.15, -0.1) is 0 Å². The van der Waals surface area contributed by atoms with Gasteiger partial charge in [0.05, 0.1) is 6.04 Å². The average molecular weight is 279 g/mol. The largest absolute Gasteiger partial charge is 0.346 e. The smallest absolute Gasteiger partial charge is 0.244 e. The SMILES string of the molecule is CC[C@H](NC(=O)/C=C/c1ccccc1)c1ccc(C)cc1. The third-order valence-electron chi connectivity index (χ3n) is 3.43. The summed E-state index contributed by atoms with van der Waals surface area (Å²) >= 11 is 0. The number of nitrogens with one attached hydrogen (secondary N) is 1. The van der Waals surface area contributed by atoms with E-state index in [-0.39, 0.29) is 11.9 Å². The molecular formula is C19H21NO. The van der Waals surface area contributed by atoms with Crippen LogP contribution in [0.4, 0.5) is 0 Å². The van der Waals surface area contributed by atoms with Crippen molar-refractivity contribution in [3.8, 4) is 0 Å². The zero-order valence-electron chi connectivity index (χ0n) is 12.5. The first-order valence-electron chi connectivity index (χ1n) is 7.29. The van der Waals surface area contributed by atoms with E-state index in [1.165, 1.54) is 5.56 Å². The molecule has 0 unspecified atom stereocenters. The molecule has 0 aromatic heterocycles. The molecule has 0 aliphatic carbocycles. The highest BCUT2D eigenvalue weighted by Crippen LogP contribution is 2.17. The third kappa shape index (κ3) is 4.60. The van der Waals surface area contributed by atoms with Gasteiger partial charge in [-0.05, 0) is 30.5 Å². The lowest BCUT2D eigenvalue weighted by Gasteiger charge is -2.16. The molecule has 0 aliphatic heterocycles. The van der Waals surface area contributed by atoms with Crippen molar-refractivity contribution in [2.24, 2.45) is 0 Å². The molecule has 1 N–H and O–H groups in total.